The highest BCUT2D eigenvalue weighted by atomic mass is 35.5. The summed E-state index contributed by atoms with van der Waals surface area (Å²) in [5, 5.41) is 0.481. The van der Waals surface area contributed by atoms with Gasteiger partial charge in [-0.3, -0.25) is 4.79 Å². The molecule has 0 amide bonds. The topological polar surface area (TPSA) is 26.3 Å². The lowest BCUT2D eigenvalue weighted by Crippen LogP contribution is -2.43. The number of alkyl halides is 3. The highest BCUT2D eigenvalue weighted by Crippen LogP contribution is 2.70. The van der Waals surface area contributed by atoms with E-state index in [1.165, 1.54) is 7.11 Å². The van der Waals surface area contributed by atoms with Crippen molar-refractivity contribution in [1.29, 1.82) is 0 Å². The van der Waals surface area contributed by atoms with Crippen molar-refractivity contribution in [2.45, 2.75) is 15.6 Å². The van der Waals surface area contributed by atoms with Crippen molar-refractivity contribution in [3.63, 3.8) is 0 Å². The minimum Gasteiger partial charge on any atom is -0.469 e. The molecule has 2 bridgehead atoms. The largest absolute Gasteiger partial charge is 0.469 e. The summed E-state index contributed by atoms with van der Waals surface area (Å²) < 4.78 is 3.29. The summed E-state index contributed by atoms with van der Waals surface area (Å²) in [4.78, 5) is 10.2. The maximum absolute atomic E-state index is 11.6. The maximum atomic E-state index is 11.6. The first-order valence-electron chi connectivity index (χ1n) is 4.48. The molecular formula is C9H7Cl5O2. The summed E-state index contributed by atoms with van der Waals surface area (Å²) in [7, 11) is 1.28. The number of allylic oxidation sites excluding steroid dienone is 2. The van der Waals surface area contributed by atoms with Crippen LogP contribution in [-0.2, 0) is 9.53 Å². The highest BCUT2D eigenvalue weighted by Gasteiger charge is 2.73. The van der Waals surface area contributed by atoms with Crippen LogP contribution < -0.4 is 0 Å². The monoisotopic (exact) mass is 322 g/mol. The van der Waals surface area contributed by atoms with Crippen molar-refractivity contribution in [3.8, 4) is 0 Å². The van der Waals surface area contributed by atoms with Crippen molar-refractivity contribution < 1.29 is 9.53 Å². The molecule has 0 spiro atoms. The molecule has 2 aliphatic rings. The molecule has 7 heteroatoms. The summed E-state index contributed by atoms with van der Waals surface area (Å²) in [5.41, 5.74) is 0. The Hall–Kier alpha value is 0.660. The van der Waals surface area contributed by atoms with Gasteiger partial charge in [-0.15, -0.1) is 11.6 Å². The first-order chi connectivity index (χ1) is 7.28. The molecule has 2 aliphatic carbocycles. The SMILES string of the molecule is COC(=O)[C@@H]1C[C@@H]2C(Cl)=C(Cl)[C@]1(Cl)C2(Cl)Cl. The second-order valence-corrected chi connectivity index (χ2v) is 6.63. The highest BCUT2D eigenvalue weighted by molar-refractivity contribution is 6.60. The van der Waals surface area contributed by atoms with Gasteiger partial charge in [0, 0.05) is 11.0 Å². The predicted octanol–water partition coefficient (Wildman–Crippen LogP) is 3.65. The smallest absolute Gasteiger partial charge is 0.310 e. The molecule has 3 atom stereocenters. The number of methoxy groups -OCH3 is 1. The van der Waals surface area contributed by atoms with Gasteiger partial charge >= 0.3 is 5.97 Å². The van der Waals surface area contributed by atoms with Crippen molar-refractivity contribution in [2.24, 2.45) is 11.8 Å². The normalized spacial score (nSPS) is 40.4. The van der Waals surface area contributed by atoms with Crippen LogP contribution in [0.25, 0.3) is 0 Å². The Balaban J connectivity index is 2.51. The van der Waals surface area contributed by atoms with Crippen LogP contribution in [0.5, 0.6) is 0 Å². The quantitative estimate of drug-likeness (QED) is 0.544. The van der Waals surface area contributed by atoms with Crippen LogP contribution in [0.3, 0.4) is 0 Å². The maximum Gasteiger partial charge on any atom is 0.310 e. The van der Waals surface area contributed by atoms with Crippen molar-refractivity contribution in [2.75, 3.05) is 7.11 Å². The zero-order valence-corrected chi connectivity index (χ0v) is 11.8. The Morgan fingerprint density at radius 1 is 1.38 bits per heavy atom. The molecule has 0 radical (unpaired) electrons. The predicted molar refractivity (Wildman–Crippen MR) is 65.4 cm³/mol. The minimum atomic E-state index is -1.38. The lowest BCUT2D eigenvalue weighted by atomic mass is 9.92. The number of carbonyl (C=O) groups excluding carboxylic acids is 1. The molecule has 0 saturated heterocycles. The third kappa shape index (κ3) is 1.31. The number of fused-ring (bicyclic) bond motifs is 2. The van der Waals surface area contributed by atoms with E-state index >= 15 is 0 Å². The van der Waals surface area contributed by atoms with Gasteiger partial charge in [-0.25, -0.2) is 0 Å². The number of ether oxygens (including phenoxy) is 1. The zero-order valence-electron chi connectivity index (χ0n) is 8.07. The lowest BCUT2D eigenvalue weighted by molar-refractivity contribution is -0.145. The Kier molecular flexibility index (Phi) is 3.13. The van der Waals surface area contributed by atoms with Gasteiger partial charge in [0.25, 0.3) is 0 Å². The average Bonchev–Trinajstić information content (AvgIpc) is 2.51. The molecule has 90 valence electrons. The standard InChI is InChI=1S/C9H7Cl5O2/c1-16-7(15)4-2-3-5(10)6(11)8(4,12)9(3,13)14/h3-4H,2H2,1H3/t3-,4+,8+/m1/s1. The van der Waals surface area contributed by atoms with Crippen molar-refractivity contribution in [3.05, 3.63) is 10.1 Å². The molecule has 0 heterocycles. The Morgan fingerprint density at radius 2 is 1.94 bits per heavy atom. The van der Waals surface area contributed by atoms with E-state index < -0.39 is 27.0 Å². The van der Waals surface area contributed by atoms with Gasteiger partial charge in [0.2, 0.25) is 0 Å². The Labute approximate surface area is 118 Å². The summed E-state index contributed by atoms with van der Waals surface area (Å²) in [6, 6.07) is 0. The molecule has 0 aromatic rings. The fraction of sp³-hybridized carbons (Fsp3) is 0.667. The van der Waals surface area contributed by atoms with Gasteiger partial charge in [-0.1, -0.05) is 46.4 Å². The summed E-state index contributed by atoms with van der Waals surface area (Å²) in [6.07, 6.45) is 0.345. The van der Waals surface area contributed by atoms with Crippen LogP contribution in [0.1, 0.15) is 6.42 Å². The molecule has 1 fully saturated rings. The van der Waals surface area contributed by atoms with E-state index in [0.717, 1.165) is 0 Å². The Bertz CT molecular complexity index is 391. The van der Waals surface area contributed by atoms with Gasteiger partial charge in [-0.2, -0.15) is 0 Å². The van der Waals surface area contributed by atoms with E-state index in [-0.39, 0.29) is 5.03 Å². The van der Waals surface area contributed by atoms with Crippen LogP contribution in [-0.4, -0.2) is 22.3 Å². The number of halogens is 5. The van der Waals surface area contributed by atoms with E-state index in [2.05, 4.69) is 4.74 Å². The summed E-state index contributed by atoms with van der Waals surface area (Å²) in [6.45, 7) is 0. The fourth-order valence-corrected chi connectivity index (χ4v) is 4.65. The van der Waals surface area contributed by atoms with Crippen molar-refractivity contribution in [1.82, 2.24) is 0 Å². The van der Waals surface area contributed by atoms with Gasteiger partial charge < -0.3 is 4.74 Å². The van der Waals surface area contributed by atoms with Crippen LogP contribution in [0, 0.1) is 11.8 Å². The van der Waals surface area contributed by atoms with Gasteiger partial charge in [0.15, 0.2) is 4.33 Å². The fourth-order valence-electron chi connectivity index (χ4n) is 2.32. The number of carbonyl (C=O) groups is 1. The summed E-state index contributed by atoms with van der Waals surface area (Å²) in [5.74, 6) is -1.58. The van der Waals surface area contributed by atoms with E-state index in [1.807, 2.05) is 0 Å². The van der Waals surface area contributed by atoms with E-state index in [9.17, 15) is 4.79 Å². The molecule has 2 rings (SSSR count). The Morgan fingerprint density at radius 3 is 2.31 bits per heavy atom. The molecule has 0 aliphatic heterocycles. The van der Waals surface area contributed by atoms with Crippen LogP contribution >= 0.6 is 58.0 Å². The molecule has 2 nitrogen and oxygen atoms in total. The van der Waals surface area contributed by atoms with E-state index in [0.29, 0.717) is 11.5 Å². The van der Waals surface area contributed by atoms with E-state index in [4.69, 9.17) is 58.0 Å². The third-order valence-electron chi connectivity index (χ3n) is 3.20. The van der Waals surface area contributed by atoms with Crippen LogP contribution in [0.4, 0.5) is 0 Å². The lowest BCUT2D eigenvalue weighted by Gasteiger charge is -2.31. The number of rotatable bonds is 1. The first-order valence-corrected chi connectivity index (χ1v) is 6.37. The molecule has 0 unspecified atom stereocenters. The van der Waals surface area contributed by atoms with Gasteiger partial charge in [0.05, 0.1) is 18.1 Å². The van der Waals surface area contributed by atoms with Crippen LogP contribution in [0.2, 0.25) is 0 Å². The molecular weight excluding hydrogens is 317 g/mol. The third-order valence-corrected chi connectivity index (χ3v) is 6.41. The minimum absolute atomic E-state index is 0.146. The number of hydrogen-bond acceptors (Lipinski definition) is 2. The molecule has 16 heavy (non-hydrogen) atoms. The molecule has 0 N–H and O–H groups in total. The zero-order chi connectivity index (χ0) is 12.3. The number of esters is 1. The second-order valence-electron chi connectivity index (χ2n) is 3.86. The molecule has 0 aromatic heterocycles. The van der Waals surface area contributed by atoms with Gasteiger partial charge in [-0.05, 0) is 6.42 Å². The molecule has 1 saturated carbocycles. The number of hydrogen-bond donors (Lipinski definition) is 0. The van der Waals surface area contributed by atoms with Crippen molar-refractivity contribution >= 4 is 64.0 Å². The molecule has 0 aromatic carbocycles. The average molecular weight is 324 g/mol. The van der Waals surface area contributed by atoms with Gasteiger partial charge in [0.1, 0.15) is 4.87 Å². The second kappa shape index (κ2) is 3.83. The first kappa shape index (κ1) is 13.1. The van der Waals surface area contributed by atoms with Crippen LogP contribution in [0.15, 0.2) is 10.1 Å². The summed E-state index contributed by atoms with van der Waals surface area (Å²) >= 11 is 30.7. The van der Waals surface area contributed by atoms with E-state index in [1.54, 1.807) is 0 Å².